The molecule has 0 aliphatic carbocycles. The molecule has 27 heavy (non-hydrogen) atoms. The van der Waals surface area contributed by atoms with Crippen molar-refractivity contribution in [3.63, 3.8) is 0 Å². The number of amides is 2. The number of anilines is 1. The second kappa shape index (κ2) is 6.77. The molecule has 0 saturated carbocycles. The fourth-order valence-electron chi connectivity index (χ4n) is 3.56. The zero-order chi connectivity index (χ0) is 19.0. The summed E-state index contributed by atoms with van der Waals surface area (Å²) in [4.78, 5) is 31.1. The van der Waals surface area contributed by atoms with Gasteiger partial charge in [0.25, 0.3) is 11.8 Å². The molecule has 2 aliphatic rings. The summed E-state index contributed by atoms with van der Waals surface area (Å²) < 4.78 is 23.1. The highest BCUT2D eigenvalue weighted by Gasteiger charge is 2.30. The molecule has 2 aromatic rings. The molecule has 1 fully saturated rings. The maximum absolute atomic E-state index is 12.9. The highest BCUT2D eigenvalue weighted by atomic mass is 32.2. The van der Waals surface area contributed by atoms with Gasteiger partial charge in [-0.2, -0.15) is 0 Å². The molecule has 2 aliphatic heterocycles. The monoisotopic (exact) mass is 385 g/mol. The number of sulfone groups is 1. The van der Waals surface area contributed by atoms with E-state index in [4.69, 9.17) is 0 Å². The lowest BCUT2D eigenvalue weighted by molar-refractivity contribution is 0.0936. The number of carbonyl (C=O) groups is 2. The first kappa shape index (κ1) is 17.7. The zero-order valence-electron chi connectivity index (χ0n) is 14.6. The number of nitrogens with one attached hydrogen (secondary N) is 1. The van der Waals surface area contributed by atoms with Crippen molar-refractivity contribution >= 4 is 27.3 Å². The van der Waals surface area contributed by atoms with Crippen LogP contribution in [0.3, 0.4) is 0 Å². The smallest absolute Gasteiger partial charge is 0.270 e. The Morgan fingerprint density at radius 1 is 1.19 bits per heavy atom. The molecule has 1 saturated heterocycles. The number of carbonyl (C=O) groups excluding carboxylic acids is 2. The summed E-state index contributed by atoms with van der Waals surface area (Å²) in [7, 11) is -3.08. The largest absolute Gasteiger partial charge is 0.347 e. The van der Waals surface area contributed by atoms with Crippen molar-refractivity contribution in [1.29, 1.82) is 0 Å². The first-order valence-corrected chi connectivity index (χ1v) is 10.6. The minimum absolute atomic E-state index is 0.0536. The van der Waals surface area contributed by atoms with E-state index in [9.17, 15) is 18.0 Å². The minimum atomic E-state index is -3.08. The highest BCUT2D eigenvalue weighted by Crippen LogP contribution is 2.28. The van der Waals surface area contributed by atoms with E-state index in [1.54, 1.807) is 11.0 Å². The van der Waals surface area contributed by atoms with E-state index in [1.165, 1.54) is 12.3 Å². The number of fused-ring (bicyclic) bond motifs is 1. The predicted octanol–water partition coefficient (Wildman–Crippen LogP) is 1.20. The SMILES string of the molecule is O=C(NC1CCS(=O)(=O)C1)c1cc(C(=O)N2CCc3ccccc32)ccn1. The fraction of sp³-hybridized carbons (Fsp3) is 0.316. The molecule has 7 nitrogen and oxygen atoms in total. The Bertz CT molecular complexity index is 1020. The van der Waals surface area contributed by atoms with Gasteiger partial charge >= 0.3 is 0 Å². The second-order valence-electron chi connectivity index (χ2n) is 6.84. The summed E-state index contributed by atoms with van der Waals surface area (Å²) in [5, 5.41) is 2.70. The van der Waals surface area contributed by atoms with Crippen molar-refractivity contribution in [2.24, 2.45) is 0 Å². The van der Waals surface area contributed by atoms with Crippen LogP contribution in [0.4, 0.5) is 5.69 Å². The summed E-state index contributed by atoms with van der Waals surface area (Å²) >= 11 is 0. The second-order valence-corrected chi connectivity index (χ2v) is 9.07. The van der Waals surface area contributed by atoms with Gasteiger partial charge in [-0.25, -0.2) is 8.42 Å². The van der Waals surface area contributed by atoms with Crippen molar-refractivity contribution in [2.75, 3.05) is 23.0 Å². The first-order valence-electron chi connectivity index (χ1n) is 8.80. The van der Waals surface area contributed by atoms with Crippen LogP contribution in [-0.2, 0) is 16.3 Å². The van der Waals surface area contributed by atoms with Gasteiger partial charge in [-0.15, -0.1) is 0 Å². The minimum Gasteiger partial charge on any atom is -0.347 e. The van der Waals surface area contributed by atoms with Crippen molar-refractivity contribution < 1.29 is 18.0 Å². The molecule has 1 N–H and O–H groups in total. The lowest BCUT2D eigenvalue weighted by atomic mass is 10.1. The molecule has 1 aromatic carbocycles. The standard InChI is InChI=1S/C19H19N3O4S/c23-18(21-15-7-10-27(25,26)12-15)16-11-14(5-8-20-16)19(24)22-9-6-13-3-1-2-4-17(13)22/h1-5,8,11,15H,6-7,9-10,12H2,(H,21,23). The molecule has 0 spiro atoms. The van der Waals surface area contributed by atoms with E-state index in [2.05, 4.69) is 10.3 Å². The van der Waals surface area contributed by atoms with E-state index < -0.39 is 21.8 Å². The number of hydrogen-bond acceptors (Lipinski definition) is 5. The van der Waals surface area contributed by atoms with Crippen molar-refractivity contribution in [2.45, 2.75) is 18.9 Å². The molecule has 0 bridgehead atoms. The Kier molecular flexibility index (Phi) is 4.43. The number of para-hydroxylation sites is 1. The lowest BCUT2D eigenvalue weighted by Crippen LogP contribution is -2.36. The van der Waals surface area contributed by atoms with Gasteiger partial charge < -0.3 is 10.2 Å². The van der Waals surface area contributed by atoms with Gasteiger partial charge in [0.05, 0.1) is 11.5 Å². The summed E-state index contributed by atoms with van der Waals surface area (Å²) in [6, 6.07) is 10.4. The molecule has 3 heterocycles. The molecule has 1 unspecified atom stereocenters. The van der Waals surface area contributed by atoms with E-state index in [1.807, 2.05) is 24.3 Å². The number of benzene rings is 1. The maximum atomic E-state index is 12.9. The summed E-state index contributed by atoms with van der Waals surface area (Å²) in [5.41, 5.74) is 2.50. The van der Waals surface area contributed by atoms with Crippen LogP contribution in [0.1, 0.15) is 32.8 Å². The van der Waals surface area contributed by atoms with E-state index in [-0.39, 0.29) is 23.1 Å². The Labute approximate surface area is 157 Å². The summed E-state index contributed by atoms with van der Waals surface area (Å²) in [6.45, 7) is 0.599. The maximum Gasteiger partial charge on any atom is 0.270 e. The van der Waals surface area contributed by atoms with Crippen LogP contribution in [0.5, 0.6) is 0 Å². The molecular formula is C19H19N3O4S. The molecule has 0 radical (unpaired) electrons. The lowest BCUT2D eigenvalue weighted by Gasteiger charge is -2.17. The van der Waals surface area contributed by atoms with Crippen LogP contribution in [0.2, 0.25) is 0 Å². The van der Waals surface area contributed by atoms with Crippen LogP contribution in [0.15, 0.2) is 42.6 Å². The third-order valence-corrected chi connectivity index (χ3v) is 6.71. The van der Waals surface area contributed by atoms with Gasteiger partial charge in [-0.3, -0.25) is 14.6 Å². The van der Waals surface area contributed by atoms with Gasteiger partial charge in [-0.05, 0) is 36.6 Å². The van der Waals surface area contributed by atoms with Gasteiger partial charge in [0.1, 0.15) is 5.69 Å². The molecule has 140 valence electrons. The van der Waals surface area contributed by atoms with Crippen molar-refractivity contribution in [1.82, 2.24) is 10.3 Å². The van der Waals surface area contributed by atoms with Gasteiger partial charge in [0, 0.05) is 30.0 Å². The fourth-order valence-corrected chi connectivity index (χ4v) is 5.23. The van der Waals surface area contributed by atoms with Crippen LogP contribution in [0, 0.1) is 0 Å². The molecule has 2 amide bonds. The van der Waals surface area contributed by atoms with Crippen LogP contribution in [0.25, 0.3) is 0 Å². The topological polar surface area (TPSA) is 96.4 Å². The Hall–Kier alpha value is -2.74. The summed E-state index contributed by atoms with van der Waals surface area (Å²) in [5.74, 6) is -0.617. The molecule has 1 atom stereocenters. The molecule has 4 rings (SSSR count). The molecule has 1 aromatic heterocycles. The van der Waals surface area contributed by atoms with Crippen LogP contribution in [-0.4, -0.2) is 49.3 Å². The van der Waals surface area contributed by atoms with Crippen LogP contribution >= 0.6 is 0 Å². The third-order valence-electron chi connectivity index (χ3n) is 4.94. The normalized spacial score (nSPS) is 20.3. The number of rotatable bonds is 3. The van der Waals surface area contributed by atoms with Gasteiger partial charge in [0.2, 0.25) is 0 Å². The Morgan fingerprint density at radius 2 is 2.00 bits per heavy atom. The van der Waals surface area contributed by atoms with Gasteiger partial charge in [-0.1, -0.05) is 18.2 Å². The zero-order valence-corrected chi connectivity index (χ0v) is 15.4. The third kappa shape index (κ3) is 3.57. The molecular weight excluding hydrogens is 366 g/mol. The number of aromatic nitrogens is 1. The highest BCUT2D eigenvalue weighted by molar-refractivity contribution is 7.91. The number of hydrogen-bond donors (Lipinski definition) is 1. The molecule has 8 heteroatoms. The number of nitrogens with zero attached hydrogens (tertiary/aromatic N) is 2. The quantitative estimate of drug-likeness (QED) is 0.856. The predicted molar refractivity (Wildman–Crippen MR) is 101 cm³/mol. The van der Waals surface area contributed by atoms with E-state index in [0.29, 0.717) is 18.5 Å². The first-order chi connectivity index (χ1) is 12.9. The van der Waals surface area contributed by atoms with Gasteiger partial charge in [0.15, 0.2) is 9.84 Å². The van der Waals surface area contributed by atoms with Crippen molar-refractivity contribution in [3.8, 4) is 0 Å². The number of pyridine rings is 1. The average molecular weight is 385 g/mol. The summed E-state index contributed by atoms with van der Waals surface area (Å²) in [6.07, 6.45) is 2.63. The van der Waals surface area contributed by atoms with Crippen LogP contribution < -0.4 is 10.2 Å². The Morgan fingerprint density at radius 3 is 2.78 bits per heavy atom. The average Bonchev–Trinajstić information content (AvgIpc) is 3.24. The van der Waals surface area contributed by atoms with Crippen molar-refractivity contribution in [3.05, 3.63) is 59.4 Å². The van der Waals surface area contributed by atoms with E-state index >= 15 is 0 Å². The Balaban J connectivity index is 1.51. The van der Waals surface area contributed by atoms with E-state index in [0.717, 1.165) is 17.7 Å².